The van der Waals surface area contributed by atoms with Crippen molar-refractivity contribution in [2.75, 3.05) is 16.4 Å². The molecule has 1 aliphatic rings. The van der Waals surface area contributed by atoms with Crippen molar-refractivity contribution >= 4 is 34.1 Å². The molecule has 4 aromatic rings. The highest BCUT2D eigenvalue weighted by Crippen LogP contribution is 2.37. The highest BCUT2D eigenvalue weighted by atomic mass is 19.1. The smallest absolute Gasteiger partial charge is 0.335 e. The highest BCUT2D eigenvalue weighted by Gasteiger charge is 2.34. The summed E-state index contributed by atoms with van der Waals surface area (Å²) in [5.41, 5.74) is 2.90. The van der Waals surface area contributed by atoms with E-state index in [1.165, 1.54) is 24.0 Å². The number of aryl methyl sites for hydroxylation is 1. The van der Waals surface area contributed by atoms with Crippen molar-refractivity contribution in [1.29, 1.82) is 0 Å². The van der Waals surface area contributed by atoms with Crippen LogP contribution in [-0.4, -0.2) is 38.7 Å². The van der Waals surface area contributed by atoms with Gasteiger partial charge in [0.1, 0.15) is 24.3 Å². The summed E-state index contributed by atoms with van der Waals surface area (Å²) in [5.74, 6) is 0.734. The van der Waals surface area contributed by atoms with Crippen LogP contribution in [-0.2, 0) is 13.6 Å². The van der Waals surface area contributed by atoms with Gasteiger partial charge in [-0.1, -0.05) is 0 Å². The van der Waals surface area contributed by atoms with Gasteiger partial charge in [0.2, 0.25) is 5.88 Å². The summed E-state index contributed by atoms with van der Waals surface area (Å²) in [5, 5.41) is 15.0. The Hall–Kier alpha value is -4.14. The van der Waals surface area contributed by atoms with Gasteiger partial charge in [-0.25, -0.2) is 14.1 Å². The zero-order valence-corrected chi connectivity index (χ0v) is 18.1. The minimum Gasteiger partial charge on any atom is -0.508 e. The maximum atomic E-state index is 13.7. The third-order valence-electron chi connectivity index (χ3n) is 5.38. The number of carbonyl (C=O) groups excluding carboxylic acids is 1. The number of urea groups is 1. The molecule has 33 heavy (non-hydrogen) atoms. The minimum absolute atomic E-state index is 0.0873. The summed E-state index contributed by atoms with van der Waals surface area (Å²) >= 11 is 0. The zero-order valence-electron chi connectivity index (χ0n) is 18.1. The molecule has 168 valence electrons. The molecule has 9 heteroatoms. The summed E-state index contributed by atoms with van der Waals surface area (Å²) in [4.78, 5) is 21.4. The molecule has 0 fully saturated rings. The number of anilines is 3. The number of hydrogen-bond acceptors (Lipinski definition) is 5. The third kappa shape index (κ3) is 3.93. The van der Waals surface area contributed by atoms with E-state index < -0.39 is 6.17 Å². The zero-order chi connectivity index (χ0) is 23.1. The van der Waals surface area contributed by atoms with E-state index >= 15 is 0 Å². The first kappa shape index (κ1) is 20.7. The number of fused-ring (bicyclic) bond motifs is 2. The molecular formula is C24H22FN5O3. The molecular weight excluding hydrogens is 425 g/mol. The Morgan fingerprint density at radius 2 is 1.88 bits per heavy atom. The number of carbonyl (C=O) groups is 1. The molecule has 1 N–H and O–H groups in total. The van der Waals surface area contributed by atoms with E-state index in [4.69, 9.17) is 4.74 Å². The number of amides is 2. The van der Waals surface area contributed by atoms with Gasteiger partial charge in [-0.3, -0.25) is 9.58 Å². The molecule has 2 aromatic carbocycles. The number of alkyl halides is 1. The number of rotatable bonds is 5. The van der Waals surface area contributed by atoms with Gasteiger partial charge in [0.15, 0.2) is 0 Å². The Balaban J connectivity index is 1.59. The van der Waals surface area contributed by atoms with Crippen molar-refractivity contribution in [2.24, 2.45) is 7.05 Å². The lowest BCUT2D eigenvalue weighted by Gasteiger charge is -2.36. The van der Waals surface area contributed by atoms with Gasteiger partial charge >= 0.3 is 6.03 Å². The van der Waals surface area contributed by atoms with E-state index in [2.05, 4.69) is 10.1 Å². The van der Waals surface area contributed by atoms with Gasteiger partial charge in [-0.05, 0) is 55.5 Å². The first-order chi connectivity index (χ1) is 15.9. The summed E-state index contributed by atoms with van der Waals surface area (Å²) in [6.07, 6.45) is 0.756. The molecule has 8 nitrogen and oxygen atoms in total. The van der Waals surface area contributed by atoms with Crippen molar-refractivity contribution in [2.45, 2.75) is 19.6 Å². The monoisotopic (exact) mass is 447 g/mol. The van der Waals surface area contributed by atoms with Gasteiger partial charge in [0.05, 0.1) is 17.7 Å². The number of phenols is 1. The second-order valence-corrected chi connectivity index (χ2v) is 7.99. The van der Waals surface area contributed by atoms with Gasteiger partial charge in [-0.2, -0.15) is 10.1 Å². The van der Waals surface area contributed by atoms with Crippen LogP contribution < -0.4 is 14.5 Å². The Bertz CT molecular complexity index is 1340. The predicted octanol–water partition coefficient (Wildman–Crippen LogP) is 4.69. The van der Waals surface area contributed by atoms with Crippen LogP contribution in [0.3, 0.4) is 0 Å². The van der Waals surface area contributed by atoms with E-state index in [0.29, 0.717) is 18.1 Å². The number of ether oxygens (including phenoxy) is 1. The fourth-order valence-corrected chi connectivity index (χ4v) is 3.85. The molecule has 2 amide bonds. The Morgan fingerprint density at radius 3 is 2.64 bits per heavy atom. The van der Waals surface area contributed by atoms with E-state index in [9.17, 15) is 14.3 Å². The van der Waals surface area contributed by atoms with Gasteiger partial charge in [0.25, 0.3) is 0 Å². The maximum absolute atomic E-state index is 13.7. The third-order valence-corrected chi connectivity index (χ3v) is 5.38. The van der Waals surface area contributed by atoms with Crippen molar-refractivity contribution in [1.82, 2.24) is 14.8 Å². The maximum Gasteiger partial charge on any atom is 0.335 e. The summed E-state index contributed by atoms with van der Waals surface area (Å²) in [6, 6.07) is 15.2. The molecule has 0 saturated carbocycles. The lowest BCUT2D eigenvalue weighted by molar-refractivity contribution is 0.204. The minimum atomic E-state index is -1.14. The van der Waals surface area contributed by atoms with Crippen LogP contribution in [0.25, 0.3) is 10.9 Å². The second-order valence-electron chi connectivity index (χ2n) is 7.99. The van der Waals surface area contributed by atoms with Crippen LogP contribution in [0.1, 0.15) is 12.5 Å². The van der Waals surface area contributed by atoms with Gasteiger partial charge in [0, 0.05) is 35.9 Å². The standard InChI is InChI=1S/C24H22FN5O3/c1-15(25)14-33-22-10-3-16-13-29(19-6-9-21-17(11-19)12-28(2)27-21)24(32)30(23(16)26-22)18-4-7-20(31)8-5-18/h3-12,15,31H,13-14H2,1-2H3. The molecule has 0 bridgehead atoms. The number of aromatic nitrogens is 3. The summed E-state index contributed by atoms with van der Waals surface area (Å²) in [6.45, 7) is 1.58. The second kappa shape index (κ2) is 8.09. The summed E-state index contributed by atoms with van der Waals surface area (Å²) < 4.78 is 20.4. The van der Waals surface area contributed by atoms with Crippen molar-refractivity contribution in [3.05, 3.63) is 66.4 Å². The lowest BCUT2D eigenvalue weighted by Crippen LogP contribution is -2.45. The molecule has 1 aliphatic heterocycles. The van der Waals surface area contributed by atoms with E-state index in [1.54, 1.807) is 27.8 Å². The average Bonchev–Trinajstić information content (AvgIpc) is 3.17. The normalized spacial score (nSPS) is 14.5. The van der Waals surface area contributed by atoms with Crippen LogP contribution in [0.15, 0.2) is 60.8 Å². The quantitative estimate of drug-likeness (QED) is 0.480. The van der Waals surface area contributed by atoms with Crippen LogP contribution in [0, 0.1) is 0 Å². The molecule has 0 spiro atoms. The van der Waals surface area contributed by atoms with E-state index in [0.717, 1.165) is 22.2 Å². The van der Waals surface area contributed by atoms with Crippen molar-refractivity contribution in [3.63, 3.8) is 0 Å². The Labute approximate surface area is 189 Å². The number of benzene rings is 2. The van der Waals surface area contributed by atoms with E-state index in [1.807, 2.05) is 37.5 Å². The van der Waals surface area contributed by atoms with E-state index in [-0.39, 0.29) is 24.3 Å². The Morgan fingerprint density at radius 1 is 1.12 bits per heavy atom. The van der Waals surface area contributed by atoms with Crippen LogP contribution in [0.2, 0.25) is 0 Å². The fraction of sp³-hybridized carbons (Fsp3) is 0.208. The largest absolute Gasteiger partial charge is 0.508 e. The van der Waals surface area contributed by atoms with Crippen molar-refractivity contribution in [3.8, 4) is 11.6 Å². The Kier molecular flexibility index (Phi) is 5.08. The number of hydrogen-bond donors (Lipinski definition) is 1. The number of nitrogens with zero attached hydrogens (tertiary/aromatic N) is 5. The number of aromatic hydroxyl groups is 1. The number of pyridine rings is 1. The molecule has 2 aromatic heterocycles. The SMILES string of the molecule is CC(F)COc1ccc2c(n1)N(c1ccc(O)cc1)C(=O)N(c1ccc3nn(C)cc3c1)C2. The molecule has 0 radical (unpaired) electrons. The van der Waals surface area contributed by atoms with Crippen LogP contribution in [0.4, 0.5) is 26.4 Å². The molecule has 1 atom stereocenters. The predicted molar refractivity (Wildman–Crippen MR) is 123 cm³/mol. The van der Waals surface area contributed by atoms with Gasteiger partial charge < -0.3 is 9.84 Å². The van der Waals surface area contributed by atoms with Crippen LogP contribution in [0.5, 0.6) is 11.6 Å². The highest BCUT2D eigenvalue weighted by molar-refractivity contribution is 6.10. The molecule has 0 saturated heterocycles. The molecule has 0 aliphatic carbocycles. The lowest BCUT2D eigenvalue weighted by atomic mass is 10.1. The van der Waals surface area contributed by atoms with Crippen LogP contribution >= 0.6 is 0 Å². The average molecular weight is 447 g/mol. The molecule has 1 unspecified atom stereocenters. The number of phenolic OH excluding ortho intramolecular Hbond substituents is 1. The fourth-order valence-electron chi connectivity index (χ4n) is 3.85. The van der Waals surface area contributed by atoms with Gasteiger partial charge in [-0.15, -0.1) is 0 Å². The topological polar surface area (TPSA) is 83.7 Å². The summed E-state index contributed by atoms with van der Waals surface area (Å²) in [7, 11) is 1.85. The first-order valence-corrected chi connectivity index (χ1v) is 10.5. The number of halogens is 1. The molecule has 5 rings (SSSR count). The first-order valence-electron chi connectivity index (χ1n) is 10.5. The van der Waals surface area contributed by atoms with Crippen molar-refractivity contribution < 1.29 is 19.0 Å². The molecule has 3 heterocycles.